The van der Waals surface area contributed by atoms with Gasteiger partial charge in [-0.15, -0.1) is 0 Å². The molecule has 0 aromatic carbocycles. The second kappa shape index (κ2) is 11.1. The van der Waals surface area contributed by atoms with E-state index in [4.69, 9.17) is 0 Å². The first-order valence-electron chi connectivity index (χ1n) is 11.0. The fraction of sp³-hybridized carbons (Fsp3) is 0.857. The third kappa shape index (κ3) is 6.98. The van der Waals surface area contributed by atoms with Crippen molar-refractivity contribution in [1.29, 1.82) is 0 Å². The summed E-state index contributed by atoms with van der Waals surface area (Å²) in [7, 11) is 0. The number of hydrogen-bond donors (Lipinski definition) is 2. The van der Waals surface area contributed by atoms with E-state index in [1.807, 2.05) is 13.8 Å². The third-order valence-electron chi connectivity index (χ3n) is 5.59. The van der Waals surface area contributed by atoms with Crippen LogP contribution in [0.2, 0.25) is 0 Å². The van der Waals surface area contributed by atoms with Crippen LogP contribution in [0.5, 0.6) is 0 Å². The Balaban J connectivity index is 1.79. The highest BCUT2D eigenvalue weighted by atomic mass is 32.2. The molecule has 0 aromatic rings. The van der Waals surface area contributed by atoms with E-state index < -0.39 is 5.54 Å². The standard InChI is InChI=1S/C21H37N3O3S/c1-4-6-7-8-9-10-19(26)24(13-5-2)15-18(25)22-21(14-16(21)3)20(27)23-28-17-11-12-17/h16-17H,4-15H2,1-3H3,(H,22,25)(H,23,27)/t16-,21-/m1/s1. The van der Waals surface area contributed by atoms with Crippen molar-refractivity contribution in [3.05, 3.63) is 0 Å². The largest absolute Gasteiger partial charge is 0.340 e. The Morgan fingerprint density at radius 2 is 1.75 bits per heavy atom. The molecule has 2 aliphatic rings. The lowest BCUT2D eigenvalue weighted by atomic mass is 10.1. The minimum absolute atomic E-state index is 0.0408. The van der Waals surface area contributed by atoms with Crippen molar-refractivity contribution >= 4 is 29.7 Å². The number of hydrogen-bond acceptors (Lipinski definition) is 4. The van der Waals surface area contributed by atoms with Gasteiger partial charge in [0.25, 0.3) is 5.91 Å². The first-order chi connectivity index (χ1) is 13.4. The van der Waals surface area contributed by atoms with Crippen molar-refractivity contribution < 1.29 is 14.4 Å². The van der Waals surface area contributed by atoms with Gasteiger partial charge >= 0.3 is 0 Å². The highest BCUT2D eigenvalue weighted by Gasteiger charge is 2.58. The van der Waals surface area contributed by atoms with Gasteiger partial charge in [0.15, 0.2) is 0 Å². The summed E-state index contributed by atoms with van der Waals surface area (Å²) in [5, 5.41) is 3.46. The van der Waals surface area contributed by atoms with Crippen LogP contribution in [0, 0.1) is 5.92 Å². The average molecular weight is 412 g/mol. The molecule has 0 unspecified atom stereocenters. The molecule has 2 fully saturated rings. The SMILES string of the molecule is CCCCCCCC(=O)N(CCC)CC(=O)N[C@]1(C(=O)NSC2CC2)C[C@H]1C. The zero-order valence-corrected chi connectivity index (χ0v) is 18.5. The van der Waals surface area contributed by atoms with Gasteiger partial charge in [-0.3, -0.25) is 19.1 Å². The van der Waals surface area contributed by atoms with Crippen molar-refractivity contribution in [3.8, 4) is 0 Å². The summed E-state index contributed by atoms with van der Waals surface area (Å²) in [4.78, 5) is 39.3. The summed E-state index contributed by atoms with van der Waals surface area (Å²) >= 11 is 1.47. The highest BCUT2D eigenvalue weighted by Crippen LogP contribution is 2.44. The van der Waals surface area contributed by atoms with Crippen molar-refractivity contribution in [1.82, 2.24) is 14.9 Å². The van der Waals surface area contributed by atoms with Gasteiger partial charge in [0.1, 0.15) is 5.54 Å². The molecule has 7 heteroatoms. The van der Waals surface area contributed by atoms with E-state index in [0.29, 0.717) is 24.6 Å². The molecule has 0 radical (unpaired) electrons. The van der Waals surface area contributed by atoms with Crippen molar-refractivity contribution in [3.63, 3.8) is 0 Å². The monoisotopic (exact) mass is 411 g/mol. The lowest BCUT2D eigenvalue weighted by molar-refractivity contribution is -0.137. The highest BCUT2D eigenvalue weighted by molar-refractivity contribution is 7.98. The average Bonchev–Trinajstić information content (AvgIpc) is 3.57. The van der Waals surface area contributed by atoms with E-state index in [-0.39, 0.29) is 30.2 Å². The maximum absolute atomic E-state index is 12.6. The summed E-state index contributed by atoms with van der Waals surface area (Å²) in [6.45, 7) is 6.77. The number of amides is 3. The summed E-state index contributed by atoms with van der Waals surface area (Å²) in [5.74, 6) is -0.163. The Kier molecular flexibility index (Phi) is 9.12. The zero-order valence-electron chi connectivity index (χ0n) is 17.7. The van der Waals surface area contributed by atoms with Gasteiger partial charge in [0, 0.05) is 18.2 Å². The Bertz CT molecular complexity index is 553. The van der Waals surface area contributed by atoms with Gasteiger partial charge in [-0.05, 0) is 50.0 Å². The van der Waals surface area contributed by atoms with Crippen LogP contribution in [-0.4, -0.2) is 46.5 Å². The molecule has 6 nitrogen and oxygen atoms in total. The smallest absolute Gasteiger partial charge is 0.255 e. The molecular formula is C21H37N3O3S. The maximum atomic E-state index is 12.6. The minimum Gasteiger partial charge on any atom is -0.340 e. The molecule has 0 spiro atoms. The predicted octanol–water partition coefficient (Wildman–Crippen LogP) is 3.41. The Labute approximate surface area is 174 Å². The van der Waals surface area contributed by atoms with Crippen LogP contribution in [0.1, 0.15) is 85.0 Å². The van der Waals surface area contributed by atoms with Crippen LogP contribution in [0.4, 0.5) is 0 Å². The Morgan fingerprint density at radius 1 is 1.07 bits per heavy atom. The fourth-order valence-corrected chi connectivity index (χ4v) is 4.27. The van der Waals surface area contributed by atoms with Gasteiger partial charge in [-0.25, -0.2) is 0 Å². The number of nitrogens with zero attached hydrogens (tertiary/aromatic N) is 1. The molecule has 160 valence electrons. The van der Waals surface area contributed by atoms with Crippen molar-refractivity contribution in [2.45, 2.75) is 95.8 Å². The number of nitrogens with one attached hydrogen (secondary N) is 2. The lowest BCUT2D eigenvalue weighted by Crippen LogP contribution is -2.52. The Morgan fingerprint density at radius 3 is 2.32 bits per heavy atom. The molecular weight excluding hydrogens is 374 g/mol. The van der Waals surface area contributed by atoms with Gasteiger partial charge < -0.3 is 10.2 Å². The molecule has 0 heterocycles. The molecule has 2 rings (SSSR count). The van der Waals surface area contributed by atoms with Crippen LogP contribution in [-0.2, 0) is 14.4 Å². The molecule has 0 saturated heterocycles. The van der Waals surface area contributed by atoms with Crippen LogP contribution in [0.15, 0.2) is 0 Å². The minimum atomic E-state index is -0.792. The van der Waals surface area contributed by atoms with Gasteiger partial charge in [0.2, 0.25) is 11.8 Å². The maximum Gasteiger partial charge on any atom is 0.255 e. The third-order valence-corrected chi connectivity index (χ3v) is 6.70. The van der Waals surface area contributed by atoms with Gasteiger partial charge in [-0.2, -0.15) is 0 Å². The lowest BCUT2D eigenvalue weighted by Gasteiger charge is -2.24. The van der Waals surface area contributed by atoms with Crippen LogP contribution >= 0.6 is 11.9 Å². The Hall–Kier alpha value is -1.24. The second-order valence-electron chi connectivity index (χ2n) is 8.35. The first kappa shape index (κ1) is 23.0. The molecule has 0 aliphatic heterocycles. The predicted molar refractivity (Wildman–Crippen MR) is 114 cm³/mol. The van der Waals surface area contributed by atoms with Crippen molar-refractivity contribution in [2.75, 3.05) is 13.1 Å². The zero-order chi connectivity index (χ0) is 20.6. The summed E-state index contributed by atoms with van der Waals surface area (Å²) in [5.41, 5.74) is -0.792. The molecule has 3 amide bonds. The molecule has 2 saturated carbocycles. The molecule has 28 heavy (non-hydrogen) atoms. The van der Waals surface area contributed by atoms with Crippen LogP contribution < -0.4 is 10.0 Å². The number of unbranched alkanes of at least 4 members (excludes halogenated alkanes) is 4. The van der Waals surface area contributed by atoms with E-state index in [1.165, 1.54) is 24.8 Å². The molecule has 2 atom stereocenters. The number of carbonyl (C=O) groups is 3. The molecule has 2 N–H and O–H groups in total. The van der Waals surface area contributed by atoms with E-state index >= 15 is 0 Å². The number of rotatable bonds is 14. The topological polar surface area (TPSA) is 78.5 Å². The number of carbonyl (C=O) groups excluding carboxylic acids is 3. The molecule has 2 aliphatic carbocycles. The first-order valence-corrected chi connectivity index (χ1v) is 11.9. The summed E-state index contributed by atoms with van der Waals surface area (Å²) < 4.78 is 2.91. The van der Waals surface area contributed by atoms with E-state index in [0.717, 1.165) is 38.5 Å². The summed E-state index contributed by atoms with van der Waals surface area (Å²) in [6.07, 6.45) is 9.75. The second-order valence-corrected chi connectivity index (χ2v) is 9.46. The van der Waals surface area contributed by atoms with E-state index in [1.54, 1.807) is 4.90 Å². The fourth-order valence-electron chi connectivity index (χ4n) is 3.45. The van der Waals surface area contributed by atoms with E-state index in [2.05, 4.69) is 17.0 Å². The van der Waals surface area contributed by atoms with Gasteiger partial charge in [0.05, 0.1) is 6.54 Å². The quantitative estimate of drug-likeness (QED) is 0.339. The normalized spacial score (nSPS) is 23.2. The van der Waals surface area contributed by atoms with E-state index in [9.17, 15) is 14.4 Å². The van der Waals surface area contributed by atoms with Crippen LogP contribution in [0.3, 0.4) is 0 Å². The van der Waals surface area contributed by atoms with Crippen molar-refractivity contribution in [2.24, 2.45) is 5.92 Å². The van der Waals surface area contributed by atoms with Crippen LogP contribution in [0.25, 0.3) is 0 Å². The summed E-state index contributed by atoms with van der Waals surface area (Å²) in [6, 6.07) is 0. The molecule has 0 bridgehead atoms. The van der Waals surface area contributed by atoms with Gasteiger partial charge in [-0.1, -0.05) is 46.5 Å². The molecule has 0 aromatic heterocycles.